The SMILES string of the molecule is CC(=O)C1CC2(CC(C(C)=O)N2)N1. The molecule has 0 bridgehead atoms. The molecule has 2 saturated heterocycles. The maximum atomic E-state index is 10.9. The van der Waals surface area contributed by atoms with E-state index >= 15 is 0 Å². The number of carbonyl (C=O) groups excluding carboxylic acids is 2. The van der Waals surface area contributed by atoms with Crippen LogP contribution in [0.25, 0.3) is 0 Å². The van der Waals surface area contributed by atoms with Gasteiger partial charge in [-0.05, 0) is 13.8 Å². The topological polar surface area (TPSA) is 58.2 Å². The minimum atomic E-state index is -0.0906. The molecule has 13 heavy (non-hydrogen) atoms. The van der Waals surface area contributed by atoms with Crippen molar-refractivity contribution in [3.63, 3.8) is 0 Å². The normalized spacial score (nSPS) is 42.3. The molecule has 0 aromatic heterocycles. The molecule has 0 amide bonds. The van der Waals surface area contributed by atoms with Gasteiger partial charge in [0.05, 0.1) is 17.7 Å². The summed E-state index contributed by atoms with van der Waals surface area (Å²) in [6.45, 7) is 3.18. The molecule has 0 radical (unpaired) electrons. The van der Waals surface area contributed by atoms with E-state index in [1.54, 1.807) is 13.8 Å². The first kappa shape index (κ1) is 8.84. The molecule has 0 saturated carbocycles. The highest BCUT2D eigenvalue weighted by Gasteiger charge is 2.54. The maximum absolute atomic E-state index is 10.9. The van der Waals surface area contributed by atoms with E-state index in [-0.39, 0.29) is 29.3 Å². The van der Waals surface area contributed by atoms with Gasteiger partial charge in [0.25, 0.3) is 0 Å². The molecular formula is C9H14N2O2. The summed E-state index contributed by atoms with van der Waals surface area (Å²) in [7, 11) is 0. The molecule has 2 rings (SSSR count). The summed E-state index contributed by atoms with van der Waals surface area (Å²) in [5.74, 6) is 0.359. The van der Waals surface area contributed by atoms with Crippen LogP contribution in [-0.4, -0.2) is 29.3 Å². The van der Waals surface area contributed by atoms with Crippen LogP contribution in [-0.2, 0) is 9.59 Å². The molecule has 4 heteroatoms. The summed E-state index contributed by atoms with van der Waals surface area (Å²) >= 11 is 0. The van der Waals surface area contributed by atoms with Crippen molar-refractivity contribution in [2.24, 2.45) is 0 Å². The summed E-state index contributed by atoms with van der Waals surface area (Å²) in [6, 6.07) is 0.000756. The lowest BCUT2D eigenvalue weighted by Gasteiger charge is -2.58. The van der Waals surface area contributed by atoms with Crippen molar-refractivity contribution in [2.45, 2.75) is 44.4 Å². The van der Waals surface area contributed by atoms with Gasteiger partial charge in [0.2, 0.25) is 0 Å². The van der Waals surface area contributed by atoms with E-state index in [1.165, 1.54) is 0 Å². The number of hydrogen-bond donors (Lipinski definition) is 2. The minimum Gasteiger partial charge on any atom is -0.298 e. The smallest absolute Gasteiger partial charge is 0.146 e. The van der Waals surface area contributed by atoms with Crippen LogP contribution in [0.15, 0.2) is 0 Å². The second-order valence-electron chi connectivity index (χ2n) is 4.11. The fourth-order valence-corrected chi connectivity index (χ4v) is 2.06. The predicted molar refractivity (Wildman–Crippen MR) is 47.2 cm³/mol. The quantitative estimate of drug-likeness (QED) is 0.609. The Morgan fingerprint density at radius 1 is 1.08 bits per heavy atom. The zero-order valence-corrected chi connectivity index (χ0v) is 7.89. The first-order chi connectivity index (χ1) is 6.02. The van der Waals surface area contributed by atoms with Crippen molar-refractivity contribution in [3.05, 3.63) is 0 Å². The van der Waals surface area contributed by atoms with Gasteiger partial charge < -0.3 is 0 Å². The molecule has 0 aromatic carbocycles. The molecule has 0 aromatic rings. The van der Waals surface area contributed by atoms with Crippen LogP contribution in [0.4, 0.5) is 0 Å². The van der Waals surface area contributed by atoms with Gasteiger partial charge in [0.15, 0.2) is 0 Å². The highest BCUT2D eigenvalue weighted by atomic mass is 16.1. The van der Waals surface area contributed by atoms with Crippen LogP contribution in [0.3, 0.4) is 0 Å². The van der Waals surface area contributed by atoms with Crippen molar-refractivity contribution in [3.8, 4) is 0 Å². The second-order valence-corrected chi connectivity index (χ2v) is 4.11. The highest BCUT2D eigenvalue weighted by Crippen LogP contribution is 2.35. The van der Waals surface area contributed by atoms with Crippen molar-refractivity contribution in [2.75, 3.05) is 0 Å². The Hall–Kier alpha value is -0.740. The molecule has 72 valence electrons. The molecular weight excluding hydrogens is 168 g/mol. The average Bonchev–Trinajstić information content (AvgIpc) is 1.78. The molecule has 2 aliphatic heterocycles. The lowest BCUT2D eigenvalue weighted by atomic mass is 9.75. The fraction of sp³-hybridized carbons (Fsp3) is 0.778. The zero-order chi connectivity index (χ0) is 9.64. The van der Waals surface area contributed by atoms with Gasteiger partial charge in [-0.2, -0.15) is 0 Å². The van der Waals surface area contributed by atoms with Gasteiger partial charge in [-0.25, -0.2) is 0 Å². The Morgan fingerprint density at radius 2 is 1.38 bits per heavy atom. The van der Waals surface area contributed by atoms with Gasteiger partial charge in [0.1, 0.15) is 11.6 Å². The Labute approximate surface area is 77.1 Å². The Morgan fingerprint density at radius 3 is 1.62 bits per heavy atom. The van der Waals surface area contributed by atoms with E-state index in [9.17, 15) is 9.59 Å². The molecule has 0 aliphatic carbocycles. The Bertz CT molecular complexity index is 231. The molecule has 2 atom stereocenters. The molecule has 4 nitrogen and oxygen atoms in total. The summed E-state index contributed by atoms with van der Waals surface area (Å²) in [5, 5.41) is 6.33. The predicted octanol–water partition coefficient (Wildman–Crippen LogP) is -0.415. The molecule has 2 unspecified atom stereocenters. The van der Waals surface area contributed by atoms with Gasteiger partial charge in [-0.15, -0.1) is 0 Å². The van der Waals surface area contributed by atoms with Crippen LogP contribution in [0.5, 0.6) is 0 Å². The lowest BCUT2D eigenvalue weighted by Crippen LogP contribution is -2.82. The standard InChI is InChI=1S/C9H14N2O2/c1-5(12)7-3-9(10-7)4-8(11-9)6(2)13/h7-8,10-11H,3-4H2,1-2H3. The highest BCUT2D eigenvalue weighted by molar-refractivity contribution is 5.85. The monoisotopic (exact) mass is 182 g/mol. The van der Waals surface area contributed by atoms with Crippen LogP contribution < -0.4 is 10.6 Å². The lowest BCUT2D eigenvalue weighted by molar-refractivity contribution is -0.133. The van der Waals surface area contributed by atoms with Crippen LogP contribution in [0.1, 0.15) is 26.7 Å². The number of carbonyl (C=O) groups is 2. The van der Waals surface area contributed by atoms with Gasteiger partial charge in [-0.1, -0.05) is 0 Å². The van der Waals surface area contributed by atoms with Crippen molar-refractivity contribution >= 4 is 11.6 Å². The van der Waals surface area contributed by atoms with Gasteiger partial charge >= 0.3 is 0 Å². The first-order valence-electron chi connectivity index (χ1n) is 4.59. The van der Waals surface area contributed by atoms with Gasteiger partial charge in [0, 0.05) is 12.8 Å². The van der Waals surface area contributed by atoms with Crippen molar-refractivity contribution < 1.29 is 9.59 Å². The number of ketones is 2. The third-order valence-corrected chi connectivity index (χ3v) is 2.99. The molecule has 2 N–H and O–H groups in total. The number of hydrogen-bond acceptors (Lipinski definition) is 4. The van der Waals surface area contributed by atoms with E-state index in [1.807, 2.05) is 0 Å². The van der Waals surface area contributed by atoms with E-state index in [0.717, 1.165) is 12.8 Å². The van der Waals surface area contributed by atoms with Crippen LogP contribution in [0, 0.1) is 0 Å². The van der Waals surface area contributed by atoms with E-state index in [2.05, 4.69) is 10.6 Å². The zero-order valence-electron chi connectivity index (χ0n) is 7.89. The van der Waals surface area contributed by atoms with Crippen molar-refractivity contribution in [1.82, 2.24) is 10.6 Å². The minimum absolute atomic E-state index is 0.000378. The molecule has 2 fully saturated rings. The van der Waals surface area contributed by atoms with Crippen LogP contribution >= 0.6 is 0 Å². The fourth-order valence-electron chi connectivity index (χ4n) is 2.06. The maximum Gasteiger partial charge on any atom is 0.146 e. The molecule has 2 heterocycles. The second kappa shape index (κ2) is 2.62. The van der Waals surface area contributed by atoms with E-state index in [4.69, 9.17) is 0 Å². The number of Topliss-reactive ketones (excluding diaryl/α,β-unsaturated/α-hetero) is 2. The molecule has 2 aliphatic rings. The first-order valence-corrected chi connectivity index (χ1v) is 4.59. The summed E-state index contributed by atoms with van der Waals surface area (Å²) in [6.07, 6.45) is 1.65. The third-order valence-electron chi connectivity index (χ3n) is 2.99. The average molecular weight is 182 g/mol. The van der Waals surface area contributed by atoms with Crippen LogP contribution in [0.2, 0.25) is 0 Å². The number of rotatable bonds is 2. The Kier molecular flexibility index (Phi) is 1.78. The summed E-state index contributed by atoms with van der Waals surface area (Å²) in [5.41, 5.74) is -0.0906. The summed E-state index contributed by atoms with van der Waals surface area (Å²) in [4.78, 5) is 21.8. The van der Waals surface area contributed by atoms with Crippen molar-refractivity contribution in [1.29, 1.82) is 0 Å². The Balaban J connectivity index is 1.82. The van der Waals surface area contributed by atoms with Gasteiger partial charge in [-0.3, -0.25) is 20.2 Å². The number of nitrogens with one attached hydrogen (secondary N) is 2. The molecule has 1 spiro atoms. The largest absolute Gasteiger partial charge is 0.298 e. The van der Waals surface area contributed by atoms with E-state index < -0.39 is 0 Å². The summed E-state index contributed by atoms with van der Waals surface area (Å²) < 4.78 is 0. The third kappa shape index (κ3) is 1.30. The van der Waals surface area contributed by atoms with E-state index in [0.29, 0.717) is 0 Å².